The highest BCUT2D eigenvalue weighted by atomic mass is 32.2. The lowest BCUT2D eigenvalue weighted by molar-refractivity contribution is 0.171. The quantitative estimate of drug-likeness (QED) is 0.656. The molecular formula is C16H19NO3S. The molecule has 0 amide bonds. The molecule has 4 nitrogen and oxygen atoms in total. The van der Waals surface area contributed by atoms with Crippen LogP contribution in [0.5, 0.6) is 11.5 Å². The monoisotopic (exact) mass is 305 g/mol. The van der Waals surface area contributed by atoms with E-state index in [2.05, 4.69) is 23.7 Å². The number of ether oxygens (including phenoxy) is 2. The van der Waals surface area contributed by atoms with Crippen molar-refractivity contribution in [3.8, 4) is 11.5 Å². The van der Waals surface area contributed by atoms with Crippen LogP contribution in [0, 0.1) is 0 Å². The second kappa shape index (κ2) is 6.91. The standard InChI is InChI=1S/C16H19NO3S/c1-21-16-10-15-14(19-7-8-20-15)9-12(16)11-17-5-4-13-3-2-6-18-13/h2-3,6,9-10,17H,4-5,7-8,11H2,1H3. The van der Waals surface area contributed by atoms with Crippen molar-refractivity contribution in [2.45, 2.75) is 17.9 Å². The first-order chi connectivity index (χ1) is 10.4. The van der Waals surface area contributed by atoms with Crippen molar-refractivity contribution in [1.82, 2.24) is 5.32 Å². The first-order valence-corrected chi connectivity index (χ1v) is 8.29. The Kier molecular flexibility index (Phi) is 4.72. The third kappa shape index (κ3) is 3.54. The molecule has 2 heterocycles. The van der Waals surface area contributed by atoms with Crippen LogP contribution in [0.25, 0.3) is 0 Å². The van der Waals surface area contributed by atoms with Crippen LogP contribution >= 0.6 is 11.8 Å². The van der Waals surface area contributed by atoms with Gasteiger partial charge in [-0.1, -0.05) is 0 Å². The van der Waals surface area contributed by atoms with Gasteiger partial charge in [0.2, 0.25) is 0 Å². The highest BCUT2D eigenvalue weighted by Crippen LogP contribution is 2.36. The second-order valence-electron chi connectivity index (χ2n) is 4.81. The van der Waals surface area contributed by atoms with E-state index >= 15 is 0 Å². The molecule has 1 aliphatic heterocycles. The fraction of sp³-hybridized carbons (Fsp3) is 0.375. The molecule has 21 heavy (non-hydrogen) atoms. The SMILES string of the molecule is CSc1cc2c(cc1CNCCc1ccco1)OCCO2. The van der Waals surface area contributed by atoms with Gasteiger partial charge in [0.25, 0.3) is 0 Å². The highest BCUT2D eigenvalue weighted by molar-refractivity contribution is 7.98. The Morgan fingerprint density at radius 2 is 2.00 bits per heavy atom. The summed E-state index contributed by atoms with van der Waals surface area (Å²) >= 11 is 1.73. The van der Waals surface area contributed by atoms with Gasteiger partial charge in [-0.3, -0.25) is 0 Å². The molecule has 0 atom stereocenters. The van der Waals surface area contributed by atoms with E-state index in [0.717, 1.165) is 36.8 Å². The summed E-state index contributed by atoms with van der Waals surface area (Å²) in [6.07, 6.45) is 4.69. The van der Waals surface area contributed by atoms with Gasteiger partial charge in [0.1, 0.15) is 19.0 Å². The van der Waals surface area contributed by atoms with Gasteiger partial charge in [0.15, 0.2) is 11.5 Å². The normalized spacial score (nSPS) is 13.4. The molecule has 0 radical (unpaired) electrons. The van der Waals surface area contributed by atoms with Crippen LogP contribution in [0.15, 0.2) is 39.8 Å². The minimum Gasteiger partial charge on any atom is -0.486 e. The molecule has 0 bridgehead atoms. The molecule has 0 spiro atoms. The van der Waals surface area contributed by atoms with Gasteiger partial charge in [0, 0.05) is 24.4 Å². The Labute approximate surface area is 128 Å². The van der Waals surface area contributed by atoms with Crippen LogP contribution in [0.4, 0.5) is 0 Å². The first-order valence-electron chi connectivity index (χ1n) is 7.06. The Balaban J connectivity index is 1.61. The third-order valence-corrected chi connectivity index (χ3v) is 4.21. The predicted molar refractivity (Wildman–Crippen MR) is 83.3 cm³/mol. The van der Waals surface area contributed by atoms with Gasteiger partial charge in [0.05, 0.1) is 6.26 Å². The van der Waals surface area contributed by atoms with E-state index in [1.165, 1.54) is 10.5 Å². The lowest BCUT2D eigenvalue weighted by Gasteiger charge is -2.21. The van der Waals surface area contributed by atoms with Crippen molar-refractivity contribution in [1.29, 1.82) is 0 Å². The van der Waals surface area contributed by atoms with E-state index in [9.17, 15) is 0 Å². The summed E-state index contributed by atoms with van der Waals surface area (Å²) in [6.45, 7) is 2.95. The Morgan fingerprint density at radius 1 is 1.19 bits per heavy atom. The maximum Gasteiger partial charge on any atom is 0.162 e. The molecule has 3 rings (SSSR count). The van der Waals surface area contributed by atoms with Crippen LogP contribution in [0.3, 0.4) is 0 Å². The molecule has 1 aromatic carbocycles. The molecule has 0 aliphatic carbocycles. The number of nitrogens with one attached hydrogen (secondary N) is 1. The zero-order valence-electron chi connectivity index (χ0n) is 12.1. The fourth-order valence-corrected chi connectivity index (χ4v) is 2.95. The van der Waals surface area contributed by atoms with Gasteiger partial charge >= 0.3 is 0 Å². The maximum absolute atomic E-state index is 5.65. The van der Waals surface area contributed by atoms with E-state index in [1.807, 2.05) is 12.1 Å². The second-order valence-corrected chi connectivity index (χ2v) is 5.66. The Bertz CT molecular complexity index is 583. The van der Waals surface area contributed by atoms with Crippen LogP contribution in [0.1, 0.15) is 11.3 Å². The summed E-state index contributed by atoms with van der Waals surface area (Å²) in [7, 11) is 0. The summed E-state index contributed by atoms with van der Waals surface area (Å²) in [5.74, 6) is 2.71. The minimum absolute atomic E-state index is 0.622. The Morgan fingerprint density at radius 3 is 2.71 bits per heavy atom. The topological polar surface area (TPSA) is 43.6 Å². The number of hydrogen-bond donors (Lipinski definition) is 1. The molecular weight excluding hydrogens is 286 g/mol. The largest absolute Gasteiger partial charge is 0.486 e. The van der Waals surface area contributed by atoms with Gasteiger partial charge in [-0.25, -0.2) is 0 Å². The molecule has 0 saturated heterocycles. The zero-order valence-corrected chi connectivity index (χ0v) is 12.9. The summed E-state index contributed by atoms with van der Waals surface area (Å²) in [5, 5.41) is 3.45. The van der Waals surface area contributed by atoms with E-state index in [0.29, 0.717) is 13.2 Å². The van der Waals surface area contributed by atoms with Crippen molar-refractivity contribution in [2.75, 3.05) is 26.0 Å². The zero-order chi connectivity index (χ0) is 14.5. The number of benzene rings is 1. The van der Waals surface area contributed by atoms with Gasteiger partial charge in [-0.2, -0.15) is 0 Å². The average Bonchev–Trinajstić information content (AvgIpc) is 3.04. The molecule has 1 aliphatic rings. The van der Waals surface area contributed by atoms with E-state index in [-0.39, 0.29) is 0 Å². The van der Waals surface area contributed by atoms with E-state index in [1.54, 1.807) is 18.0 Å². The van der Waals surface area contributed by atoms with Crippen LogP contribution in [-0.2, 0) is 13.0 Å². The van der Waals surface area contributed by atoms with Gasteiger partial charge < -0.3 is 19.2 Å². The molecule has 0 fully saturated rings. The Hall–Kier alpha value is -1.59. The molecule has 112 valence electrons. The minimum atomic E-state index is 0.622. The van der Waals surface area contributed by atoms with Gasteiger partial charge in [-0.05, 0) is 36.1 Å². The van der Waals surface area contributed by atoms with Crippen molar-refractivity contribution < 1.29 is 13.9 Å². The van der Waals surface area contributed by atoms with Crippen molar-refractivity contribution >= 4 is 11.8 Å². The van der Waals surface area contributed by atoms with Crippen molar-refractivity contribution in [3.63, 3.8) is 0 Å². The lowest BCUT2D eigenvalue weighted by atomic mass is 10.2. The van der Waals surface area contributed by atoms with E-state index in [4.69, 9.17) is 13.9 Å². The molecule has 5 heteroatoms. The molecule has 0 unspecified atom stereocenters. The molecule has 1 N–H and O–H groups in total. The summed E-state index contributed by atoms with van der Waals surface area (Å²) in [5.41, 5.74) is 1.24. The number of thioether (sulfide) groups is 1. The molecule has 2 aromatic rings. The maximum atomic E-state index is 5.65. The van der Waals surface area contributed by atoms with Crippen LogP contribution in [0.2, 0.25) is 0 Å². The predicted octanol–water partition coefficient (Wildman–Crippen LogP) is 3.11. The number of furan rings is 1. The van der Waals surface area contributed by atoms with E-state index < -0.39 is 0 Å². The van der Waals surface area contributed by atoms with Crippen LogP contribution < -0.4 is 14.8 Å². The van der Waals surface area contributed by atoms with Crippen molar-refractivity contribution in [2.24, 2.45) is 0 Å². The van der Waals surface area contributed by atoms with Crippen molar-refractivity contribution in [3.05, 3.63) is 41.9 Å². The third-order valence-electron chi connectivity index (χ3n) is 3.39. The smallest absolute Gasteiger partial charge is 0.162 e. The fourth-order valence-electron chi connectivity index (χ4n) is 2.33. The average molecular weight is 305 g/mol. The number of fused-ring (bicyclic) bond motifs is 1. The number of rotatable bonds is 6. The van der Waals surface area contributed by atoms with Gasteiger partial charge in [-0.15, -0.1) is 11.8 Å². The lowest BCUT2D eigenvalue weighted by Crippen LogP contribution is -2.19. The molecule has 0 saturated carbocycles. The van der Waals surface area contributed by atoms with Crippen LogP contribution in [-0.4, -0.2) is 26.0 Å². The summed E-state index contributed by atoms with van der Waals surface area (Å²) in [4.78, 5) is 1.23. The summed E-state index contributed by atoms with van der Waals surface area (Å²) < 4.78 is 16.6. The highest BCUT2D eigenvalue weighted by Gasteiger charge is 2.15. The number of hydrogen-bond acceptors (Lipinski definition) is 5. The summed E-state index contributed by atoms with van der Waals surface area (Å²) in [6, 6.07) is 8.07. The molecule has 1 aromatic heterocycles. The first kappa shape index (κ1) is 14.4.